The molecule has 0 aromatic heterocycles. The SMILES string of the molecule is [CH](OC=Cc1ccccc1)c1ccccc1. The van der Waals surface area contributed by atoms with Gasteiger partial charge in [-0.15, -0.1) is 0 Å². The Hall–Kier alpha value is -2.02. The highest BCUT2D eigenvalue weighted by Crippen LogP contribution is 2.05. The number of ether oxygens (including phenoxy) is 1. The van der Waals surface area contributed by atoms with E-state index in [9.17, 15) is 0 Å². The molecule has 0 aliphatic heterocycles. The Morgan fingerprint density at radius 1 is 0.688 bits per heavy atom. The van der Waals surface area contributed by atoms with Gasteiger partial charge in [0.1, 0.15) is 0 Å². The van der Waals surface area contributed by atoms with Crippen LogP contribution in [0.2, 0.25) is 0 Å². The van der Waals surface area contributed by atoms with E-state index in [1.807, 2.05) is 66.7 Å². The zero-order valence-corrected chi connectivity index (χ0v) is 8.91. The van der Waals surface area contributed by atoms with Gasteiger partial charge in [0.2, 0.25) is 0 Å². The molecule has 1 nitrogen and oxygen atoms in total. The van der Waals surface area contributed by atoms with Gasteiger partial charge in [-0.05, 0) is 17.2 Å². The third-order valence-electron chi connectivity index (χ3n) is 2.14. The van der Waals surface area contributed by atoms with Gasteiger partial charge in [-0.1, -0.05) is 60.7 Å². The molecule has 0 heterocycles. The summed E-state index contributed by atoms with van der Waals surface area (Å²) in [5.74, 6) is 0. The summed E-state index contributed by atoms with van der Waals surface area (Å²) in [5.41, 5.74) is 2.18. The Kier molecular flexibility index (Phi) is 3.78. The van der Waals surface area contributed by atoms with Gasteiger partial charge in [-0.3, -0.25) is 0 Å². The minimum Gasteiger partial charge on any atom is -0.489 e. The normalized spacial score (nSPS) is 10.5. The van der Waals surface area contributed by atoms with Crippen molar-refractivity contribution in [2.24, 2.45) is 0 Å². The van der Waals surface area contributed by atoms with Gasteiger partial charge in [0.25, 0.3) is 0 Å². The maximum Gasteiger partial charge on any atom is 0.164 e. The first-order valence-corrected chi connectivity index (χ1v) is 5.20. The number of benzene rings is 2. The van der Waals surface area contributed by atoms with Crippen LogP contribution < -0.4 is 0 Å². The van der Waals surface area contributed by atoms with Crippen molar-refractivity contribution in [2.75, 3.05) is 0 Å². The zero-order chi connectivity index (χ0) is 11.1. The molecule has 0 N–H and O–H groups in total. The van der Waals surface area contributed by atoms with Gasteiger partial charge in [0.05, 0.1) is 6.26 Å². The van der Waals surface area contributed by atoms with Gasteiger partial charge in [0.15, 0.2) is 6.61 Å². The van der Waals surface area contributed by atoms with E-state index in [4.69, 9.17) is 4.74 Å². The number of hydrogen-bond donors (Lipinski definition) is 0. The van der Waals surface area contributed by atoms with Crippen LogP contribution in [0, 0.1) is 6.61 Å². The highest BCUT2D eigenvalue weighted by Gasteiger charge is 1.89. The first-order valence-electron chi connectivity index (χ1n) is 5.20. The van der Waals surface area contributed by atoms with Gasteiger partial charge in [-0.2, -0.15) is 0 Å². The second kappa shape index (κ2) is 5.76. The summed E-state index contributed by atoms with van der Waals surface area (Å²) in [6.07, 6.45) is 3.61. The van der Waals surface area contributed by atoms with Crippen molar-refractivity contribution in [3.05, 3.63) is 84.7 Å². The quantitative estimate of drug-likeness (QED) is 0.694. The molecule has 0 bridgehead atoms. The molecule has 0 saturated carbocycles. The fourth-order valence-corrected chi connectivity index (χ4v) is 1.33. The van der Waals surface area contributed by atoms with Crippen LogP contribution >= 0.6 is 0 Å². The van der Waals surface area contributed by atoms with Crippen LogP contribution in [0.25, 0.3) is 6.08 Å². The van der Waals surface area contributed by atoms with Crippen molar-refractivity contribution >= 4 is 6.08 Å². The molecule has 0 saturated heterocycles. The molecule has 0 atom stereocenters. The third-order valence-corrected chi connectivity index (χ3v) is 2.14. The lowest BCUT2D eigenvalue weighted by atomic mass is 10.2. The molecule has 1 radical (unpaired) electrons. The van der Waals surface area contributed by atoms with E-state index >= 15 is 0 Å². The summed E-state index contributed by atoms with van der Waals surface area (Å²) in [5, 5.41) is 0. The summed E-state index contributed by atoms with van der Waals surface area (Å²) in [6.45, 7) is 1.72. The third kappa shape index (κ3) is 3.28. The largest absolute Gasteiger partial charge is 0.489 e. The highest BCUT2D eigenvalue weighted by molar-refractivity contribution is 5.47. The smallest absolute Gasteiger partial charge is 0.164 e. The fraction of sp³-hybridized carbons (Fsp3) is 0. The van der Waals surface area contributed by atoms with E-state index in [1.165, 1.54) is 0 Å². The monoisotopic (exact) mass is 209 g/mol. The van der Waals surface area contributed by atoms with Crippen molar-refractivity contribution < 1.29 is 4.74 Å². The lowest BCUT2D eigenvalue weighted by molar-refractivity contribution is 0.356. The molecular weight excluding hydrogens is 196 g/mol. The van der Waals surface area contributed by atoms with Crippen LogP contribution in [0.5, 0.6) is 0 Å². The lowest BCUT2D eigenvalue weighted by Crippen LogP contribution is -1.81. The summed E-state index contributed by atoms with van der Waals surface area (Å²) in [6, 6.07) is 20.0. The van der Waals surface area contributed by atoms with Gasteiger partial charge in [0, 0.05) is 0 Å². The van der Waals surface area contributed by atoms with Gasteiger partial charge in [-0.25, -0.2) is 0 Å². The van der Waals surface area contributed by atoms with Crippen LogP contribution in [-0.2, 0) is 4.74 Å². The number of hydrogen-bond acceptors (Lipinski definition) is 1. The summed E-state index contributed by atoms with van der Waals surface area (Å²) in [4.78, 5) is 0. The molecule has 16 heavy (non-hydrogen) atoms. The van der Waals surface area contributed by atoms with Crippen LogP contribution in [0.3, 0.4) is 0 Å². The molecule has 0 aliphatic carbocycles. The second-order valence-electron chi connectivity index (χ2n) is 3.38. The van der Waals surface area contributed by atoms with E-state index in [0.717, 1.165) is 11.1 Å². The summed E-state index contributed by atoms with van der Waals surface area (Å²) < 4.78 is 5.32. The Labute approximate surface area is 96.0 Å². The van der Waals surface area contributed by atoms with Crippen LogP contribution in [0.15, 0.2) is 66.9 Å². The summed E-state index contributed by atoms with van der Waals surface area (Å²) >= 11 is 0. The molecule has 0 amide bonds. The summed E-state index contributed by atoms with van der Waals surface area (Å²) in [7, 11) is 0. The van der Waals surface area contributed by atoms with Crippen LogP contribution in [0.1, 0.15) is 11.1 Å². The van der Waals surface area contributed by atoms with Crippen molar-refractivity contribution in [1.29, 1.82) is 0 Å². The molecule has 2 aromatic rings. The fourth-order valence-electron chi connectivity index (χ4n) is 1.33. The Morgan fingerprint density at radius 3 is 1.88 bits per heavy atom. The van der Waals surface area contributed by atoms with E-state index in [1.54, 1.807) is 12.9 Å². The molecule has 0 spiro atoms. The molecule has 79 valence electrons. The Bertz CT molecular complexity index is 432. The van der Waals surface area contributed by atoms with Crippen molar-refractivity contribution in [1.82, 2.24) is 0 Å². The van der Waals surface area contributed by atoms with Crippen LogP contribution in [0.4, 0.5) is 0 Å². The Balaban J connectivity index is 1.83. The van der Waals surface area contributed by atoms with Gasteiger partial charge >= 0.3 is 0 Å². The second-order valence-corrected chi connectivity index (χ2v) is 3.38. The highest BCUT2D eigenvalue weighted by atomic mass is 16.5. The maximum absolute atomic E-state index is 5.32. The average molecular weight is 209 g/mol. The minimum atomic E-state index is 1.06. The molecule has 0 unspecified atom stereocenters. The van der Waals surface area contributed by atoms with E-state index in [2.05, 4.69) is 0 Å². The minimum absolute atomic E-state index is 1.06. The predicted octanol–water partition coefficient (Wildman–Crippen LogP) is 3.88. The van der Waals surface area contributed by atoms with Crippen molar-refractivity contribution in [3.63, 3.8) is 0 Å². The van der Waals surface area contributed by atoms with E-state index in [-0.39, 0.29) is 0 Å². The average Bonchev–Trinajstić information content (AvgIpc) is 2.37. The van der Waals surface area contributed by atoms with E-state index < -0.39 is 0 Å². The molecule has 0 fully saturated rings. The first kappa shape index (κ1) is 10.5. The van der Waals surface area contributed by atoms with Crippen molar-refractivity contribution in [2.45, 2.75) is 0 Å². The topological polar surface area (TPSA) is 9.23 Å². The lowest BCUT2D eigenvalue weighted by Gasteiger charge is -1.98. The molecular formula is C15H13O. The maximum atomic E-state index is 5.32. The van der Waals surface area contributed by atoms with Crippen molar-refractivity contribution in [3.8, 4) is 0 Å². The first-order chi connectivity index (χ1) is 7.95. The standard InChI is InChI=1S/C15H13O/c1-3-7-14(8-4-1)11-12-16-13-15-9-5-2-6-10-15/h1-13H. The molecule has 0 aliphatic rings. The molecule has 2 rings (SSSR count). The molecule has 1 heteroatoms. The Morgan fingerprint density at radius 2 is 1.25 bits per heavy atom. The molecule has 2 aromatic carbocycles. The predicted molar refractivity (Wildman–Crippen MR) is 66.4 cm³/mol. The zero-order valence-electron chi connectivity index (χ0n) is 8.91. The van der Waals surface area contributed by atoms with Crippen LogP contribution in [-0.4, -0.2) is 0 Å². The van der Waals surface area contributed by atoms with E-state index in [0.29, 0.717) is 0 Å². The number of rotatable bonds is 4. The van der Waals surface area contributed by atoms with Gasteiger partial charge < -0.3 is 4.74 Å².